The van der Waals surface area contributed by atoms with Gasteiger partial charge in [0.15, 0.2) is 0 Å². The van der Waals surface area contributed by atoms with E-state index in [1.54, 1.807) is 11.7 Å². The summed E-state index contributed by atoms with van der Waals surface area (Å²) in [4.78, 5) is 1.85. The summed E-state index contributed by atoms with van der Waals surface area (Å²) < 4.78 is 1.57. The summed E-state index contributed by atoms with van der Waals surface area (Å²) >= 11 is 0. The first-order chi connectivity index (χ1) is 6.11. The monoisotopic (exact) mass is 183 g/mol. The van der Waals surface area contributed by atoms with Crippen LogP contribution in [0.3, 0.4) is 0 Å². The number of aryl methyl sites for hydroxylation is 1. The zero-order valence-electron chi connectivity index (χ0n) is 7.73. The third-order valence-corrected chi connectivity index (χ3v) is 1.66. The van der Waals surface area contributed by atoms with Gasteiger partial charge < -0.3 is 10.6 Å². The molecule has 3 N–H and O–H groups in total. The smallest absolute Gasteiger partial charge is 0.245 e. The Balaban J connectivity index is 2.53. The Morgan fingerprint density at radius 2 is 2.38 bits per heavy atom. The van der Waals surface area contributed by atoms with Crippen LogP contribution >= 0.6 is 0 Å². The molecule has 0 atom stereocenters. The molecule has 0 fully saturated rings. The molecule has 0 bridgehead atoms. The Hall–Kier alpha value is -1.66. The lowest BCUT2D eigenvalue weighted by molar-refractivity contribution is 0.697. The topological polar surface area (TPSA) is 96.7 Å². The zero-order valence-corrected chi connectivity index (χ0v) is 7.73. The second-order valence-corrected chi connectivity index (χ2v) is 2.80. The van der Waals surface area contributed by atoms with Crippen molar-refractivity contribution in [3.63, 3.8) is 0 Å². The highest BCUT2D eigenvalue weighted by Crippen LogP contribution is 2.03. The standard InChI is InChI=1S/C6H13N7/c1-12(4-3-5(7)8)6-9-10-11-13(6)2/h3-4H2,1-2H3,(H3,7,8). The SMILES string of the molecule is CN(CCC(=N)N)c1nnnn1C. The lowest BCUT2D eigenvalue weighted by atomic mass is 10.4. The van der Waals surface area contributed by atoms with E-state index in [1.165, 1.54) is 0 Å². The maximum absolute atomic E-state index is 7.06. The molecule has 0 aromatic carbocycles. The first kappa shape index (κ1) is 9.43. The van der Waals surface area contributed by atoms with Crippen molar-refractivity contribution in [2.75, 3.05) is 18.5 Å². The minimum Gasteiger partial charge on any atom is -0.388 e. The van der Waals surface area contributed by atoms with Gasteiger partial charge in [-0.25, -0.2) is 4.68 Å². The summed E-state index contributed by atoms with van der Waals surface area (Å²) in [6.07, 6.45) is 0.517. The van der Waals surface area contributed by atoms with Crippen LogP contribution in [-0.2, 0) is 7.05 Å². The van der Waals surface area contributed by atoms with Crippen LogP contribution in [0.1, 0.15) is 6.42 Å². The van der Waals surface area contributed by atoms with E-state index in [2.05, 4.69) is 15.5 Å². The average Bonchev–Trinajstić information content (AvgIpc) is 2.47. The van der Waals surface area contributed by atoms with Crippen LogP contribution in [0, 0.1) is 5.41 Å². The zero-order chi connectivity index (χ0) is 9.84. The van der Waals surface area contributed by atoms with Crippen molar-refractivity contribution in [3.05, 3.63) is 0 Å². The minimum absolute atomic E-state index is 0.168. The van der Waals surface area contributed by atoms with Gasteiger partial charge in [-0.3, -0.25) is 5.41 Å². The molecule has 0 saturated heterocycles. The second kappa shape index (κ2) is 3.83. The fourth-order valence-corrected chi connectivity index (χ4v) is 0.936. The van der Waals surface area contributed by atoms with E-state index in [0.717, 1.165) is 0 Å². The first-order valence-corrected chi connectivity index (χ1v) is 3.87. The highest BCUT2D eigenvalue weighted by atomic mass is 15.6. The van der Waals surface area contributed by atoms with Crippen LogP contribution in [0.15, 0.2) is 0 Å². The Labute approximate surface area is 76.0 Å². The predicted molar refractivity (Wildman–Crippen MR) is 48.6 cm³/mol. The Morgan fingerprint density at radius 1 is 1.69 bits per heavy atom. The van der Waals surface area contributed by atoms with Crippen LogP contribution < -0.4 is 10.6 Å². The first-order valence-electron chi connectivity index (χ1n) is 3.87. The number of nitrogens with one attached hydrogen (secondary N) is 1. The van der Waals surface area contributed by atoms with Gasteiger partial charge in [0.05, 0.1) is 5.84 Å². The molecule has 0 aliphatic rings. The van der Waals surface area contributed by atoms with Gasteiger partial charge in [0, 0.05) is 27.1 Å². The van der Waals surface area contributed by atoms with Gasteiger partial charge in [-0.15, -0.1) is 0 Å². The molecule has 72 valence electrons. The molecule has 13 heavy (non-hydrogen) atoms. The van der Waals surface area contributed by atoms with Crippen LogP contribution in [0.2, 0.25) is 0 Å². The second-order valence-electron chi connectivity index (χ2n) is 2.80. The molecule has 1 rings (SSSR count). The Kier molecular flexibility index (Phi) is 2.78. The summed E-state index contributed by atoms with van der Waals surface area (Å²) in [5.74, 6) is 0.836. The van der Waals surface area contributed by atoms with Crippen LogP contribution in [0.25, 0.3) is 0 Å². The number of hydrogen-bond donors (Lipinski definition) is 2. The van der Waals surface area contributed by atoms with Gasteiger partial charge >= 0.3 is 0 Å². The molecule has 0 saturated carbocycles. The van der Waals surface area contributed by atoms with Gasteiger partial charge in [0.25, 0.3) is 0 Å². The number of tetrazole rings is 1. The van der Waals surface area contributed by atoms with Crippen molar-refractivity contribution < 1.29 is 0 Å². The lowest BCUT2D eigenvalue weighted by Gasteiger charge is -2.15. The molecule has 0 aliphatic heterocycles. The molecule has 0 amide bonds. The maximum atomic E-state index is 7.06. The molecular formula is C6H13N7. The van der Waals surface area contributed by atoms with Gasteiger partial charge in [-0.05, 0) is 10.4 Å². The largest absolute Gasteiger partial charge is 0.388 e. The van der Waals surface area contributed by atoms with Crippen molar-refractivity contribution in [3.8, 4) is 0 Å². The van der Waals surface area contributed by atoms with Gasteiger partial charge in [0.1, 0.15) is 0 Å². The van der Waals surface area contributed by atoms with E-state index >= 15 is 0 Å². The number of nitrogens with zero attached hydrogens (tertiary/aromatic N) is 5. The van der Waals surface area contributed by atoms with E-state index < -0.39 is 0 Å². The maximum Gasteiger partial charge on any atom is 0.245 e. The Morgan fingerprint density at radius 3 is 2.85 bits per heavy atom. The van der Waals surface area contributed by atoms with Crippen LogP contribution in [-0.4, -0.2) is 39.6 Å². The number of amidine groups is 1. The summed E-state index contributed by atoms with van der Waals surface area (Å²) in [5.41, 5.74) is 5.23. The fraction of sp³-hybridized carbons (Fsp3) is 0.667. The van der Waals surface area contributed by atoms with Crippen molar-refractivity contribution >= 4 is 11.8 Å². The quantitative estimate of drug-likeness (QED) is 0.459. The number of nitrogens with two attached hydrogens (primary N) is 1. The molecule has 7 nitrogen and oxygen atoms in total. The third kappa shape index (κ3) is 2.39. The normalized spacial score (nSPS) is 10.0. The predicted octanol–water partition coefficient (Wildman–Crippen LogP) is -1.03. The van der Waals surface area contributed by atoms with E-state index in [0.29, 0.717) is 18.9 Å². The van der Waals surface area contributed by atoms with E-state index in [-0.39, 0.29) is 5.84 Å². The van der Waals surface area contributed by atoms with Crippen molar-refractivity contribution in [1.29, 1.82) is 5.41 Å². The Bertz CT molecular complexity index is 291. The molecule has 1 aromatic heterocycles. The summed E-state index contributed by atoms with van der Waals surface area (Å²) in [6, 6.07) is 0. The van der Waals surface area contributed by atoms with Gasteiger partial charge in [-0.1, -0.05) is 5.10 Å². The highest BCUT2D eigenvalue weighted by Gasteiger charge is 2.07. The number of anilines is 1. The molecule has 0 spiro atoms. The summed E-state index contributed by atoms with van der Waals surface area (Å²) in [6.45, 7) is 0.642. The lowest BCUT2D eigenvalue weighted by Crippen LogP contribution is -2.26. The number of rotatable bonds is 4. The fourth-order valence-electron chi connectivity index (χ4n) is 0.936. The molecule has 0 aliphatic carbocycles. The van der Waals surface area contributed by atoms with Crippen LogP contribution in [0.4, 0.5) is 5.95 Å². The molecular weight excluding hydrogens is 170 g/mol. The summed E-state index contributed by atoms with van der Waals surface area (Å²) in [5, 5.41) is 18.1. The van der Waals surface area contributed by atoms with Crippen molar-refractivity contribution in [2.24, 2.45) is 12.8 Å². The average molecular weight is 183 g/mol. The molecule has 1 aromatic rings. The highest BCUT2D eigenvalue weighted by molar-refractivity contribution is 5.77. The minimum atomic E-state index is 0.168. The summed E-state index contributed by atoms with van der Waals surface area (Å²) in [7, 11) is 3.62. The molecule has 0 unspecified atom stereocenters. The number of hydrogen-bond acceptors (Lipinski definition) is 5. The van der Waals surface area contributed by atoms with E-state index in [1.807, 2.05) is 11.9 Å². The van der Waals surface area contributed by atoms with E-state index in [4.69, 9.17) is 11.1 Å². The van der Waals surface area contributed by atoms with Crippen molar-refractivity contribution in [2.45, 2.75) is 6.42 Å². The number of aromatic nitrogens is 4. The van der Waals surface area contributed by atoms with E-state index in [9.17, 15) is 0 Å². The van der Waals surface area contributed by atoms with Gasteiger partial charge in [0.2, 0.25) is 5.95 Å². The van der Waals surface area contributed by atoms with Crippen LogP contribution in [0.5, 0.6) is 0 Å². The molecule has 0 radical (unpaired) electrons. The third-order valence-electron chi connectivity index (χ3n) is 1.66. The molecule has 1 heterocycles. The molecule has 7 heteroatoms. The van der Waals surface area contributed by atoms with Crippen molar-refractivity contribution in [1.82, 2.24) is 20.2 Å². The van der Waals surface area contributed by atoms with Gasteiger partial charge in [-0.2, -0.15) is 0 Å².